The van der Waals surface area contributed by atoms with Crippen molar-refractivity contribution in [3.05, 3.63) is 24.0 Å². The van der Waals surface area contributed by atoms with Crippen LogP contribution in [0, 0.1) is 0 Å². The molecule has 1 saturated carbocycles. The van der Waals surface area contributed by atoms with Gasteiger partial charge in [0.15, 0.2) is 5.65 Å². The SMILES string of the molecule is NC(=O)c1cnn2ccc(N3CCOC4(CC4)C3)nc12. The molecule has 0 bridgehead atoms. The number of aromatic nitrogens is 3. The molecule has 1 amide bonds. The van der Waals surface area contributed by atoms with Gasteiger partial charge in [-0.15, -0.1) is 0 Å². The maximum atomic E-state index is 11.4. The quantitative estimate of drug-likeness (QED) is 0.844. The molecule has 1 aliphatic heterocycles. The largest absolute Gasteiger partial charge is 0.371 e. The van der Waals surface area contributed by atoms with Crippen molar-refractivity contribution in [1.82, 2.24) is 14.6 Å². The number of nitrogens with zero attached hydrogens (tertiary/aromatic N) is 4. The average molecular weight is 273 g/mol. The molecule has 0 unspecified atom stereocenters. The average Bonchev–Trinajstić information content (AvgIpc) is 3.04. The lowest BCUT2D eigenvalue weighted by Crippen LogP contribution is -2.44. The fourth-order valence-electron chi connectivity index (χ4n) is 2.69. The first kappa shape index (κ1) is 11.7. The molecule has 7 heteroatoms. The van der Waals surface area contributed by atoms with Gasteiger partial charge in [0.2, 0.25) is 0 Å². The van der Waals surface area contributed by atoms with Gasteiger partial charge in [-0.3, -0.25) is 4.79 Å². The standard InChI is InChI=1S/C13H15N5O2/c14-11(19)9-7-15-18-4-1-10(16-12(9)18)17-5-6-20-13(8-17)2-3-13/h1,4,7H,2-3,5-6,8H2,(H2,14,19). The van der Waals surface area contributed by atoms with E-state index in [0.29, 0.717) is 11.2 Å². The number of amides is 1. The van der Waals surface area contributed by atoms with E-state index in [2.05, 4.69) is 15.0 Å². The van der Waals surface area contributed by atoms with Crippen LogP contribution in [0.4, 0.5) is 5.82 Å². The number of nitrogens with two attached hydrogens (primary N) is 1. The Bertz CT molecular complexity index is 691. The van der Waals surface area contributed by atoms with Crippen LogP contribution in [0.5, 0.6) is 0 Å². The molecule has 104 valence electrons. The van der Waals surface area contributed by atoms with E-state index in [1.807, 2.05) is 6.07 Å². The first-order valence-electron chi connectivity index (χ1n) is 6.70. The van der Waals surface area contributed by atoms with E-state index in [-0.39, 0.29) is 5.60 Å². The lowest BCUT2D eigenvalue weighted by Gasteiger charge is -2.34. The maximum absolute atomic E-state index is 11.4. The summed E-state index contributed by atoms with van der Waals surface area (Å²) in [6, 6.07) is 1.91. The fraction of sp³-hybridized carbons (Fsp3) is 0.462. The van der Waals surface area contributed by atoms with Crippen molar-refractivity contribution in [3.8, 4) is 0 Å². The highest BCUT2D eigenvalue weighted by atomic mass is 16.5. The van der Waals surface area contributed by atoms with E-state index in [4.69, 9.17) is 10.5 Å². The summed E-state index contributed by atoms with van der Waals surface area (Å²) in [4.78, 5) is 18.1. The lowest BCUT2D eigenvalue weighted by atomic mass is 10.2. The zero-order valence-electron chi connectivity index (χ0n) is 11.0. The molecule has 2 N–H and O–H groups in total. The zero-order chi connectivity index (χ0) is 13.7. The van der Waals surface area contributed by atoms with Crippen molar-refractivity contribution in [2.45, 2.75) is 18.4 Å². The third-order valence-corrected chi connectivity index (χ3v) is 4.00. The predicted molar refractivity (Wildman–Crippen MR) is 71.6 cm³/mol. The van der Waals surface area contributed by atoms with Crippen molar-refractivity contribution in [2.75, 3.05) is 24.6 Å². The van der Waals surface area contributed by atoms with E-state index in [1.54, 1.807) is 10.7 Å². The Morgan fingerprint density at radius 3 is 3.05 bits per heavy atom. The lowest BCUT2D eigenvalue weighted by molar-refractivity contribution is 0.0204. The first-order valence-corrected chi connectivity index (χ1v) is 6.70. The van der Waals surface area contributed by atoms with E-state index >= 15 is 0 Å². The highest BCUT2D eigenvalue weighted by molar-refractivity contribution is 5.98. The molecule has 2 aromatic heterocycles. The van der Waals surface area contributed by atoms with Gasteiger partial charge in [0.25, 0.3) is 5.91 Å². The Hall–Kier alpha value is -2.15. The number of hydrogen-bond donors (Lipinski definition) is 1. The monoisotopic (exact) mass is 273 g/mol. The third kappa shape index (κ3) is 1.74. The van der Waals surface area contributed by atoms with Crippen LogP contribution in [0.2, 0.25) is 0 Å². The van der Waals surface area contributed by atoms with Crippen molar-refractivity contribution in [1.29, 1.82) is 0 Å². The summed E-state index contributed by atoms with van der Waals surface area (Å²) in [6.45, 7) is 2.38. The number of hydrogen-bond acceptors (Lipinski definition) is 5. The molecule has 1 aliphatic carbocycles. The highest BCUT2D eigenvalue weighted by Crippen LogP contribution is 2.42. The van der Waals surface area contributed by atoms with Crippen LogP contribution in [0.1, 0.15) is 23.2 Å². The van der Waals surface area contributed by atoms with Crippen LogP contribution in [-0.2, 0) is 4.74 Å². The molecule has 4 rings (SSSR count). The molecule has 1 spiro atoms. The molecule has 0 radical (unpaired) electrons. The second-order valence-corrected chi connectivity index (χ2v) is 5.43. The Morgan fingerprint density at radius 2 is 2.30 bits per heavy atom. The highest BCUT2D eigenvalue weighted by Gasteiger charge is 2.47. The molecule has 20 heavy (non-hydrogen) atoms. The summed E-state index contributed by atoms with van der Waals surface area (Å²) < 4.78 is 7.37. The van der Waals surface area contributed by atoms with Crippen molar-refractivity contribution in [3.63, 3.8) is 0 Å². The molecule has 3 heterocycles. The van der Waals surface area contributed by atoms with Gasteiger partial charge < -0.3 is 15.4 Å². The minimum atomic E-state index is -0.509. The molecule has 2 fully saturated rings. The van der Waals surface area contributed by atoms with Gasteiger partial charge in [-0.05, 0) is 18.9 Å². The van der Waals surface area contributed by atoms with Crippen molar-refractivity contribution >= 4 is 17.4 Å². The number of carbonyl (C=O) groups excluding carboxylic acids is 1. The van der Waals surface area contributed by atoms with Gasteiger partial charge in [-0.25, -0.2) is 9.50 Å². The van der Waals surface area contributed by atoms with Crippen LogP contribution < -0.4 is 10.6 Å². The van der Waals surface area contributed by atoms with Gasteiger partial charge in [0.1, 0.15) is 11.4 Å². The summed E-state index contributed by atoms with van der Waals surface area (Å²) in [5.41, 5.74) is 6.23. The molecule has 7 nitrogen and oxygen atoms in total. The molecular formula is C13H15N5O2. The number of primary amides is 1. The Morgan fingerprint density at radius 1 is 1.45 bits per heavy atom. The van der Waals surface area contributed by atoms with Crippen LogP contribution in [0.3, 0.4) is 0 Å². The fourth-order valence-corrected chi connectivity index (χ4v) is 2.69. The number of morpholine rings is 1. The second-order valence-electron chi connectivity index (χ2n) is 5.43. The zero-order valence-corrected chi connectivity index (χ0v) is 11.0. The van der Waals surface area contributed by atoms with Gasteiger partial charge in [-0.1, -0.05) is 0 Å². The number of carbonyl (C=O) groups is 1. The Labute approximate surface area is 115 Å². The minimum absolute atomic E-state index is 0.0405. The van der Waals surface area contributed by atoms with E-state index in [1.165, 1.54) is 6.20 Å². The predicted octanol–water partition coefficient (Wildman–Crippen LogP) is 0.197. The van der Waals surface area contributed by atoms with Crippen molar-refractivity contribution < 1.29 is 9.53 Å². The van der Waals surface area contributed by atoms with Crippen LogP contribution in [-0.4, -0.2) is 45.8 Å². The van der Waals surface area contributed by atoms with Crippen LogP contribution in [0.25, 0.3) is 5.65 Å². The minimum Gasteiger partial charge on any atom is -0.371 e. The number of fused-ring (bicyclic) bond motifs is 1. The van der Waals surface area contributed by atoms with Gasteiger partial charge >= 0.3 is 0 Å². The third-order valence-electron chi connectivity index (χ3n) is 4.00. The number of ether oxygens (including phenoxy) is 1. The van der Waals surface area contributed by atoms with Crippen LogP contribution >= 0.6 is 0 Å². The Kier molecular flexibility index (Phi) is 2.29. The summed E-state index contributed by atoms with van der Waals surface area (Å²) in [5, 5.41) is 4.08. The van der Waals surface area contributed by atoms with Gasteiger partial charge in [0.05, 0.1) is 18.4 Å². The molecule has 0 aromatic carbocycles. The van der Waals surface area contributed by atoms with E-state index in [9.17, 15) is 4.79 Å². The first-order chi connectivity index (χ1) is 9.67. The van der Waals surface area contributed by atoms with Gasteiger partial charge in [0, 0.05) is 19.3 Å². The van der Waals surface area contributed by atoms with E-state index < -0.39 is 5.91 Å². The van der Waals surface area contributed by atoms with Gasteiger partial charge in [-0.2, -0.15) is 5.10 Å². The molecule has 1 saturated heterocycles. The summed E-state index contributed by atoms with van der Waals surface area (Å²) >= 11 is 0. The van der Waals surface area contributed by atoms with Crippen LogP contribution in [0.15, 0.2) is 18.5 Å². The topological polar surface area (TPSA) is 85.8 Å². The molecule has 0 atom stereocenters. The van der Waals surface area contributed by atoms with Crippen molar-refractivity contribution in [2.24, 2.45) is 5.73 Å². The maximum Gasteiger partial charge on any atom is 0.254 e. The summed E-state index contributed by atoms with van der Waals surface area (Å²) in [5.74, 6) is 0.334. The molecular weight excluding hydrogens is 258 g/mol. The summed E-state index contributed by atoms with van der Waals surface area (Å²) in [7, 11) is 0. The molecule has 2 aliphatic rings. The molecule has 2 aromatic rings. The Balaban J connectivity index is 1.72. The number of anilines is 1. The summed E-state index contributed by atoms with van der Waals surface area (Å²) in [6.07, 6.45) is 5.49. The van der Waals surface area contributed by atoms with E-state index in [0.717, 1.165) is 38.4 Å². The smallest absolute Gasteiger partial charge is 0.254 e. The normalized spacial score (nSPS) is 20.5. The second kappa shape index (κ2) is 3.92. The number of rotatable bonds is 2.